The van der Waals surface area contributed by atoms with E-state index in [1.54, 1.807) is 6.92 Å². The quantitative estimate of drug-likeness (QED) is 0.517. The zero-order valence-electron chi connectivity index (χ0n) is 17.9. The highest BCUT2D eigenvalue weighted by Crippen LogP contribution is 2.41. The van der Waals surface area contributed by atoms with Gasteiger partial charge in [0, 0.05) is 16.1 Å². The van der Waals surface area contributed by atoms with Gasteiger partial charge in [0.1, 0.15) is 22.1 Å². The zero-order chi connectivity index (χ0) is 25.4. The molecular weight excluding hydrogens is 519 g/mol. The number of carbonyl (C=O) groups excluding carboxylic acids is 1. The number of nitrogens with zero attached hydrogens (tertiary/aromatic N) is 2. The molecule has 0 saturated carbocycles. The topological polar surface area (TPSA) is 98.1 Å². The van der Waals surface area contributed by atoms with Gasteiger partial charge < -0.3 is 10.5 Å². The Hall–Kier alpha value is -3.45. The number of aromatic nitrogens is 1. The summed E-state index contributed by atoms with van der Waals surface area (Å²) in [4.78, 5) is 26.3. The Bertz CT molecular complexity index is 1600. The first-order chi connectivity index (χ1) is 16.7. The maximum atomic E-state index is 15.0. The second-order valence-electron chi connectivity index (χ2n) is 7.30. The monoisotopic (exact) mass is 533 g/mol. The summed E-state index contributed by atoms with van der Waals surface area (Å²) in [5.41, 5.74) is 4.92. The summed E-state index contributed by atoms with van der Waals surface area (Å²) in [6.07, 6.45) is 1.23. The number of rotatable bonds is 4. The average Bonchev–Trinajstić information content (AvgIpc) is 3.13. The molecule has 1 aliphatic heterocycles. The molecule has 0 aliphatic carbocycles. The van der Waals surface area contributed by atoms with Crippen LogP contribution in [-0.2, 0) is 9.53 Å². The first-order valence-corrected chi connectivity index (χ1v) is 11.7. The third-order valence-corrected chi connectivity index (χ3v) is 7.09. The largest absolute Gasteiger partial charge is 0.463 e. The summed E-state index contributed by atoms with van der Waals surface area (Å²) >= 11 is 13.2. The van der Waals surface area contributed by atoms with E-state index in [1.807, 2.05) is 6.07 Å². The number of hydrogen-bond donors (Lipinski definition) is 1. The first kappa shape index (κ1) is 24.7. The van der Waals surface area contributed by atoms with Crippen molar-refractivity contribution >= 4 is 58.0 Å². The number of benzene rings is 2. The molecule has 0 spiro atoms. The van der Waals surface area contributed by atoms with Gasteiger partial charge in [-0.05, 0) is 37.3 Å². The Morgan fingerprint density at radius 3 is 2.49 bits per heavy atom. The van der Waals surface area contributed by atoms with Gasteiger partial charge in [0.2, 0.25) is 0 Å². The highest BCUT2D eigenvalue weighted by atomic mass is 35.5. The molecule has 0 amide bonds. The van der Waals surface area contributed by atoms with Crippen molar-refractivity contribution in [3.8, 4) is 6.07 Å². The van der Waals surface area contributed by atoms with Gasteiger partial charge in [-0.25, -0.2) is 13.6 Å². The number of nitrogens with two attached hydrogens (primary N) is 1. The molecule has 0 radical (unpaired) electrons. The minimum Gasteiger partial charge on any atom is -0.463 e. The van der Waals surface area contributed by atoms with Crippen molar-refractivity contribution in [1.29, 1.82) is 5.26 Å². The average molecular weight is 534 g/mol. The lowest BCUT2D eigenvalue weighted by molar-refractivity contribution is -0.138. The maximum Gasteiger partial charge on any atom is 0.338 e. The predicted molar refractivity (Wildman–Crippen MR) is 130 cm³/mol. The van der Waals surface area contributed by atoms with Crippen LogP contribution in [0.1, 0.15) is 24.0 Å². The fraction of sp³-hybridized carbons (Fsp3) is 0.125. The van der Waals surface area contributed by atoms with Gasteiger partial charge in [0.05, 0.1) is 39.3 Å². The fourth-order valence-electron chi connectivity index (χ4n) is 3.82. The van der Waals surface area contributed by atoms with E-state index in [9.17, 15) is 23.6 Å². The fourth-order valence-corrected chi connectivity index (χ4v) is 5.42. The van der Waals surface area contributed by atoms with Gasteiger partial charge >= 0.3 is 5.97 Å². The second kappa shape index (κ2) is 9.66. The lowest BCUT2D eigenvalue weighted by atomic mass is 9.83. The van der Waals surface area contributed by atoms with E-state index in [0.29, 0.717) is 0 Å². The molecule has 0 bridgehead atoms. The highest BCUT2D eigenvalue weighted by molar-refractivity contribution is 7.07. The van der Waals surface area contributed by atoms with Crippen molar-refractivity contribution in [1.82, 2.24) is 4.57 Å². The Morgan fingerprint density at radius 2 is 1.89 bits per heavy atom. The zero-order valence-corrected chi connectivity index (χ0v) is 20.3. The number of hydrogen-bond acceptors (Lipinski definition) is 6. The van der Waals surface area contributed by atoms with Crippen LogP contribution in [0.15, 0.2) is 46.8 Å². The van der Waals surface area contributed by atoms with Crippen molar-refractivity contribution in [3.63, 3.8) is 0 Å². The maximum absolute atomic E-state index is 15.0. The predicted octanol–water partition coefficient (Wildman–Crippen LogP) is 3.49. The molecule has 6 nitrogen and oxygen atoms in total. The molecule has 11 heteroatoms. The molecular formula is C24H15Cl2F2N3O3S. The molecule has 2 N–H and O–H groups in total. The molecule has 2 heterocycles. The van der Waals surface area contributed by atoms with Gasteiger partial charge in [-0.3, -0.25) is 9.36 Å². The molecule has 0 saturated heterocycles. The summed E-state index contributed by atoms with van der Waals surface area (Å²) in [6, 6.07) is 9.93. The molecule has 1 atom stereocenters. The molecule has 0 fully saturated rings. The van der Waals surface area contributed by atoms with E-state index < -0.39 is 29.1 Å². The van der Waals surface area contributed by atoms with Crippen molar-refractivity contribution in [2.24, 2.45) is 5.73 Å². The van der Waals surface area contributed by atoms with Crippen LogP contribution in [0.3, 0.4) is 0 Å². The molecule has 2 aromatic carbocycles. The minimum absolute atomic E-state index is 0.00816. The number of carbonyl (C=O) groups is 1. The third-order valence-electron chi connectivity index (χ3n) is 5.33. The molecule has 35 heavy (non-hydrogen) atoms. The lowest BCUT2D eigenvalue weighted by Gasteiger charge is -2.26. The summed E-state index contributed by atoms with van der Waals surface area (Å²) < 4.78 is 35.5. The summed E-state index contributed by atoms with van der Waals surface area (Å²) in [5.74, 6) is -4.06. The number of nitriles is 1. The summed E-state index contributed by atoms with van der Waals surface area (Å²) in [6.45, 7) is 1.52. The van der Waals surface area contributed by atoms with E-state index in [1.165, 1.54) is 36.4 Å². The Labute approximate surface area is 211 Å². The molecule has 178 valence electrons. The smallest absolute Gasteiger partial charge is 0.338 e. The van der Waals surface area contributed by atoms with Crippen LogP contribution in [0.25, 0.3) is 17.5 Å². The summed E-state index contributed by atoms with van der Waals surface area (Å²) in [7, 11) is 0. The molecule has 4 rings (SSSR count). The Morgan fingerprint density at radius 1 is 1.23 bits per heavy atom. The van der Waals surface area contributed by atoms with E-state index in [4.69, 9.17) is 33.7 Å². The number of thiazole rings is 1. The second-order valence-corrected chi connectivity index (χ2v) is 9.15. The van der Waals surface area contributed by atoms with Crippen LogP contribution < -0.4 is 20.5 Å². The Balaban J connectivity index is 2.15. The van der Waals surface area contributed by atoms with Crippen molar-refractivity contribution in [2.75, 3.05) is 6.61 Å². The van der Waals surface area contributed by atoms with E-state index >= 15 is 0 Å². The van der Waals surface area contributed by atoms with E-state index in [2.05, 4.69) is 0 Å². The molecule has 1 aromatic heterocycles. The third kappa shape index (κ3) is 4.14. The summed E-state index contributed by atoms with van der Waals surface area (Å²) in [5, 5.41) is 10.1. The number of fused-ring (bicyclic) bond motifs is 1. The van der Waals surface area contributed by atoms with Crippen molar-refractivity contribution in [3.05, 3.63) is 94.3 Å². The van der Waals surface area contributed by atoms with Crippen LogP contribution >= 0.6 is 34.5 Å². The first-order valence-electron chi connectivity index (χ1n) is 10.1. The minimum atomic E-state index is -1.34. The lowest BCUT2D eigenvalue weighted by Crippen LogP contribution is -2.40. The van der Waals surface area contributed by atoms with E-state index in [0.717, 1.165) is 22.0 Å². The van der Waals surface area contributed by atoms with Gasteiger partial charge in [0.25, 0.3) is 5.56 Å². The van der Waals surface area contributed by atoms with E-state index in [-0.39, 0.29) is 53.9 Å². The van der Waals surface area contributed by atoms with Crippen LogP contribution in [0, 0.1) is 23.0 Å². The van der Waals surface area contributed by atoms with Gasteiger partial charge in [0.15, 0.2) is 0 Å². The van der Waals surface area contributed by atoms with Crippen LogP contribution in [-0.4, -0.2) is 17.1 Å². The van der Waals surface area contributed by atoms with Crippen LogP contribution in [0.4, 0.5) is 8.78 Å². The normalized spacial score (nSPS) is 15.7. The standard InChI is InChI=1S/C24H15Cl2F2N3O3S/c1-2-34-24(33)20-18(19-14(26)6-4-8-16(19)28)12(10-29)23-31(21(20)30)22(32)17(35-23)9-11-13(25)5-3-7-15(11)27/h3-9,18H,2,30H2,1H3. The molecule has 1 unspecified atom stereocenters. The number of halogens is 4. The van der Waals surface area contributed by atoms with Gasteiger partial charge in [-0.15, -0.1) is 11.3 Å². The van der Waals surface area contributed by atoms with Crippen molar-refractivity contribution < 1.29 is 18.3 Å². The SMILES string of the molecule is CCOC(=O)C1=C(N)n2c(sc(=Cc3c(F)cccc3Cl)c2=O)=C(C#N)C1c1c(F)cccc1Cl. The molecule has 3 aromatic rings. The van der Waals surface area contributed by atoms with Gasteiger partial charge in [-0.1, -0.05) is 35.3 Å². The highest BCUT2D eigenvalue weighted by Gasteiger charge is 2.39. The van der Waals surface area contributed by atoms with Gasteiger partial charge in [-0.2, -0.15) is 5.26 Å². The van der Waals surface area contributed by atoms with Crippen molar-refractivity contribution in [2.45, 2.75) is 12.8 Å². The molecule has 1 aliphatic rings. The Kier molecular flexibility index (Phi) is 6.81. The number of esters is 1. The number of ether oxygens (including phenoxy) is 1. The van der Waals surface area contributed by atoms with Crippen LogP contribution in [0.2, 0.25) is 10.0 Å². The van der Waals surface area contributed by atoms with Crippen LogP contribution in [0.5, 0.6) is 0 Å².